The number of carbonyl (C=O) groups is 1. The van der Waals surface area contributed by atoms with Crippen LogP contribution in [0.1, 0.15) is 53.5 Å². The van der Waals surface area contributed by atoms with Crippen LogP contribution in [-0.2, 0) is 4.74 Å². The largest absolute Gasteiger partial charge is 0.444 e. The van der Waals surface area contributed by atoms with E-state index < -0.39 is 5.60 Å². The van der Waals surface area contributed by atoms with Crippen molar-refractivity contribution in [3.8, 4) is 0 Å². The highest BCUT2D eigenvalue weighted by Crippen LogP contribution is 2.25. The van der Waals surface area contributed by atoms with Gasteiger partial charge in [0.2, 0.25) is 5.28 Å². The van der Waals surface area contributed by atoms with Crippen LogP contribution in [0.15, 0.2) is 6.33 Å². The summed E-state index contributed by atoms with van der Waals surface area (Å²) in [6, 6.07) is 0.410. The molecule has 9 heteroatoms. The molecule has 0 unspecified atom stereocenters. The number of halogens is 1. The summed E-state index contributed by atoms with van der Waals surface area (Å²) in [6.45, 7) is 11.0. The number of carbonyl (C=O) groups excluding carboxylic acids is 1. The third-order valence-corrected chi connectivity index (χ3v) is 4.61. The summed E-state index contributed by atoms with van der Waals surface area (Å²) in [5.74, 6) is 0.639. The van der Waals surface area contributed by atoms with Crippen molar-refractivity contribution in [1.29, 1.82) is 0 Å². The quantitative estimate of drug-likeness (QED) is 0.795. The third kappa shape index (κ3) is 4.61. The molecule has 0 radical (unpaired) electrons. The van der Waals surface area contributed by atoms with Gasteiger partial charge in [-0.05, 0) is 59.1 Å². The number of nitrogens with zero attached hydrogens (tertiary/aromatic N) is 5. The van der Waals surface area contributed by atoms with Crippen molar-refractivity contribution in [2.45, 2.75) is 65.1 Å². The second kappa shape index (κ2) is 7.50. The number of hydrogen-bond acceptors (Lipinski definition) is 6. The molecule has 2 aromatic heterocycles. The molecule has 0 aliphatic carbocycles. The fraction of sp³-hybridized carbons (Fsp3) is 0.667. The van der Waals surface area contributed by atoms with Crippen molar-refractivity contribution >= 4 is 34.7 Å². The number of aromatic nitrogens is 4. The lowest BCUT2D eigenvalue weighted by Crippen LogP contribution is -2.44. The number of hydrogen-bond donors (Lipinski definition) is 1. The van der Waals surface area contributed by atoms with Gasteiger partial charge in [-0.15, -0.1) is 0 Å². The molecule has 8 nitrogen and oxygen atoms in total. The Labute approximate surface area is 164 Å². The molecule has 3 rings (SSSR count). The summed E-state index contributed by atoms with van der Waals surface area (Å²) in [7, 11) is 0. The van der Waals surface area contributed by atoms with E-state index in [2.05, 4.69) is 34.1 Å². The smallest absolute Gasteiger partial charge is 0.410 e. The van der Waals surface area contributed by atoms with Gasteiger partial charge in [-0.1, -0.05) is 0 Å². The maximum atomic E-state index is 12.2. The van der Waals surface area contributed by atoms with Crippen LogP contribution in [0.2, 0.25) is 5.28 Å². The topological polar surface area (TPSA) is 85.2 Å². The number of imidazole rings is 1. The number of likely N-dealkylation sites (tertiary alicyclic amines) is 1. The van der Waals surface area contributed by atoms with Gasteiger partial charge in [0, 0.05) is 25.2 Å². The molecule has 27 heavy (non-hydrogen) atoms. The Kier molecular flexibility index (Phi) is 5.46. The predicted octanol–water partition coefficient (Wildman–Crippen LogP) is 3.87. The predicted molar refractivity (Wildman–Crippen MR) is 105 cm³/mol. The molecule has 3 heterocycles. The molecule has 2 aromatic rings. The maximum Gasteiger partial charge on any atom is 0.410 e. The van der Waals surface area contributed by atoms with Gasteiger partial charge >= 0.3 is 6.09 Å². The first kappa shape index (κ1) is 19.7. The van der Waals surface area contributed by atoms with Crippen molar-refractivity contribution in [3.05, 3.63) is 11.6 Å². The Bertz CT molecular complexity index is 821. The van der Waals surface area contributed by atoms with E-state index in [1.54, 1.807) is 11.2 Å². The number of rotatable bonds is 3. The lowest BCUT2D eigenvalue weighted by atomic mass is 10.1. The van der Waals surface area contributed by atoms with E-state index in [4.69, 9.17) is 16.3 Å². The molecule has 0 bridgehead atoms. The molecule has 1 N–H and O–H groups in total. The van der Waals surface area contributed by atoms with E-state index in [9.17, 15) is 4.79 Å². The number of amides is 1. The van der Waals surface area contributed by atoms with Crippen LogP contribution >= 0.6 is 11.6 Å². The third-order valence-electron chi connectivity index (χ3n) is 4.44. The first-order valence-electron chi connectivity index (χ1n) is 9.28. The van der Waals surface area contributed by atoms with Gasteiger partial charge in [0.15, 0.2) is 17.0 Å². The Morgan fingerprint density at radius 1 is 1.30 bits per heavy atom. The van der Waals surface area contributed by atoms with Gasteiger partial charge < -0.3 is 19.5 Å². The van der Waals surface area contributed by atoms with E-state index >= 15 is 0 Å². The van der Waals surface area contributed by atoms with Crippen LogP contribution in [0, 0.1) is 0 Å². The van der Waals surface area contributed by atoms with Crippen molar-refractivity contribution in [2.75, 3.05) is 18.4 Å². The average Bonchev–Trinajstić information content (AvgIpc) is 2.98. The Morgan fingerprint density at radius 2 is 1.96 bits per heavy atom. The zero-order valence-corrected chi connectivity index (χ0v) is 17.2. The molecule has 0 saturated carbocycles. The Balaban J connectivity index is 1.68. The molecule has 1 amide bonds. The van der Waals surface area contributed by atoms with Crippen LogP contribution in [0.25, 0.3) is 11.2 Å². The summed E-state index contributed by atoms with van der Waals surface area (Å²) in [6.07, 6.45) is 3.10. The SMILES string of the molecule is CC(C)n1cnc2c(NC3CCN(C(=O)OC(C)(C)C)CC3)nc(Cl)nc21. The normalized spacial score (nSPS) is 16.2. The zero-order valence-electron chi connectivity index (χ0n) is 16.5. The highest BCUT2D eigenvalue weighted by atomic mass is 35.5. The molecule has 1 saturated heterocycles. The van der Waals surface area contributed by atoms with Crippen molar-refractivity contribution in [3.63, 3.8) is 0 Å². The van der Waals surface area contributed by atoms with Gasteiger partial charge in [-0.3, -0.25) is 0 Å². The molecule has 1 aliphatic rings. The number of piperidine rings is 1. The lowest BCUT2D eigenvalue weighted by Gasteiger charge is -2.33. The maximum absolute atomic E-state index is 12.2. The van der Waals surface area contributed by atoms with Crippen molar-refractivity contribution in [1.82, 2.24) is 24.4 Å². The van der Waals surface area contributed by atoms with Crippen LogP contribution < -0.4 is 5.32 Å². The van der Waals surface area contributed by atoms with Crippen LogP contribution in [0.4, 0.5) is 10.6 Å². The molecule has 1 aliphatic heterocycles. The summed E-state index contributed by atoms with van der Waals surface area (Å²) in [5.41, 5.74) is 0.950. The Morgan fingerprint density at radius 3 is 2.56 bits per heavy atom. The Hall–Kier alpha value is -2.09. The van der Waals surface area contributed by atoms with Crippen molar-refractivity contribution in [2.24, 2.45) is 0 Å². The number of ether oxygens (including phenoxy) is 1. The molecule has 0 spiro atoms. The minimum Gasteiger partial charge on any atom is -0.444 e. The van der Waals surface area contributed by atoms with Crippen LogP contribution in [-0.4, -0.2) is 55.2 Å². The fourth-order valence-electron chi connectivity index (χ4n) is 3.09. The summed E-state index contributed by atoms with van der Waals surface area (Å²) >= 11 is 6.13. The zero-order chi connectivity index (χ0) is 19.8. The van der Waals surface area contributed by atoms with E-state index in [0.29, 0.717) is 24.4 Å². The van der Waals surface area contributed by atoms with Crippen molar-refractivity contribution < 1.29 is 9.53 Å². The summed E-state index contributed by atoms with van der Waals surface area (Å²) in [4.78, 5) is 27.1. The standard InChI is InChI=1S/C18H27ClN6O2/c1-11(2)25-10-20-13-14(22-16(19)23-15(13)25)21-12-6-8-24(9-7-12)17(26)27-18(3,4)5/h10-12H,6-9H2,1-5H3,(H,21,22,23). The van der Waals surface area contributed by atoms with Crippen LogP contribution in [0.5, 0.6) is 0 Å². The molecule has 0 atom stereocenters. The number of anilines is 1. The highest BCUT2D eigenvalue weighted by molar-refractivity contribution is 6.28. The molecule has 148 valence electrons. The van der Waals surface area contributed by atoms with E-state index in [1.165, 1.54) is 0 Å². The molecule has 0 aromatic carbocycles. The minimum absolute atomic E-state index is 0.182. The first-order valence-corrected chi connectivity index (χ1v) is 9.66. The molecule has 1 fully saturated rings. The minimum atomic E-state index is -0.481. The van der Waals surface area contributed by atoms with E-state index in [1.807, 2.05) is 25.3 Å². The van der Waals surface area contributed by atoms with Crippen LogP contribution in [0.3, 0.4) is 0 Å². The monoisotopic (exact) mass is 394 g/mol. The van der Waals surface area contributed by atoms with Gasteiger partial charge in [0.25, 0.3) is 0 Å². The van der Waals surface area contributed by atoms with Gasteiger partial charge in [0.1, 0.15) is 5.60 Å². The average molecular weight is 395 g/mol. The molecular formula is C18H27ClN6O2. The van der Waals surface area contributed by atoms with Gasteiger partial charge in [-0.25, -0.2) is 9.78 Å². The van der Waals surface area contributed by atoms with Gasteiger partial charge in [-0.2, -0.15) is 9.97 Å². The highest BCUT2D eigenvalue weighted by Gasteiger charge is 2.27. The second-order valence-corrected chi connectivity index (χ2v) is 8.48. The number of nitrogens with one attached hydrogen (secondary N) is 1. The second-order valence-electron chi connectivity index (χ2n) is 8.15. The first-order chi connectivity index (χ1) is 12.6. The lowest BCUT2D eigenvalue weighted by molar-refractivity contribution is 0.0210. The summed E-state index contributed by atoms with van der Waals surface area (Å²) < 4.78 is 7.42. The summed E-state index contributed by atoms with van der Waals surface area (Å²) in [5, 5.41) is 3.63. The van der Waals surface area contributed by atoms with Gasteiger partial charge in [0.05, 0.1) is 6.33 Å². The molecular weight excluding hydrogens is 368 g/mol. The van der Waals surface area contributed by atoms with E-state index in [-0.39, 0.29) is 23.5 Å². The fourth-order valence-corrected chi connectivity index (χ4v) is 3.26. The number of fused-ring (bicyclic) bond motifs is 1. The van der Waals surface area contributed by atoms with E-state index in [0.717, 1.165) is 18.5 Å².